The molecule has 0 bridgehead atoms. The third kappa shape index (κ3) is 3.59. The maximum absolute atomic E-state index is 5.79. The van der Waals surface area contributed by atoms with Gasteiger partial charge in [-0.05, 0) is 38.9 Å². The number of rotatable bonds is 4. The van der Waals surface area contributed by atoms with Gasteiger partial charge < -0.3 is 9.47 Å². The van der Waals surface area contributed by atoms with Crippen LogP contribution in [0.25, 0.3) is 0 Å². The van der Waals surface area contributed by atoms with Crippen molar-refractivity contribution in [1.82, 2.24) is 0 Å². The molecule has 0 aromatic heterocycles. The number of para-hydroxylation sites is 1. The predicted octanol–water partition coefficient (Wildman–Crippen LogP) is 1.25. The van der Waals surface area contributed by atoms with E-state index >= 15 is 0 Å². The van der Waals surface area contributed by atoms with Gasteiger partial charge in [0.2, 0.25) is 0 Å². The van der Waals surface area contributed by atoms with Crippen molar-refractivity contribution in [1.29, 1.82) is 0 Å². The number of ether oxygens (including phenoxy) is 2. The van der Waals surface area contributed by atoms with Crippen LogP contribution in [-0.4, -0.2) is 22.5 Å². The first kappa shape index (κ1) is 12.1. The van der Waals surface area contributed by atoms with Crippen molar-refractivity contribution in [2.45, 2.75) is 39.9 Å². The molecule has 0 saturated carbocycles. The normalized spacial score (nSPS) is 11.1. The molecule has 0 spiro atoms. The first-order chi connectivity index (χ1) is 7.00. The average molecular weight is 224 g/mol. The summed E-state index contributed by atoms with van der Waals surface area (Å²) in [6.45, 7) is 8.12. The van der Waals surface area contributed by atoms with Crippen LogP contribution in [0.1, 0.15) is 27.7 Å². The van der Waals surface area contributed by atoms with E-state index in [-0.39, 0.29) is 12.2 Å². The van der Waals surface area contributed by atoms with Crippen LogP contribution in [0.15, 0.2) is 18.2 Å². The van der Waals surface area contributed by atoms with Gasteiger partial charge in [-0.1, -0.05) is 12.1 Å². The summed E-state index contributed by atoms with van der Waals surface area (Å²) >= 11 is 0. The largest absolute Gasteiger partial charge is 0.487 e. The number of benzene rings is 1. The summed E-state index contributed by atoms with van der Waals surface area (Å²) in [6, 6.07) is 6.09. The van der Waals surface area contributed by atoms with Gasteiger partial charge in [0.15, 0.2) is 11.5 Å². The molecule has 15 heavy (non-hydrogen) atoms. The Bertz CT molecular complexity index is 321. The van der Waals surface area contributed by atoms with E-state index in [2.05, 4.69) is 6.07 Å². The maximum Gasteiger partial charge on any atom is 0.161 e. The second-order valence-electron chi connectivity index (χ2n) is 4.24. The third-order valence-electron chi connectivity index (χ3n) is 1.89. The molecule has 3 heteroatoms. The Hall–Kier alpha value is -0.963. The van der Waals surface area contributed by atoms with Crippen LogP contribution in [0.4, 0.5) is 0 Å². The van der Waals surface area contributed by atoms with Crippen molar-refractivity contribution in [3.8, 4) is 11.5 Å². The molecule has 84 valence electrons. The van der Waals surface area contributed by atoms with Gasteiger partial charge in [0.05, 0.1) is 12.2 Å². The van der Waals surface area contributed by atoms with E-state index in [1.54, 1.807) is 0 Å². The molecule has 0 atom stereocenters. The summed E-state index contributed by atoms with van der Waals surface area (Å²) in [6.07, 6.45) is 0.373. The zero-order valence-electron chi connectivity index (χ0n) is 10.2. The Labute approximate surface area is 95.0 Å². The van der Waals surface area contributed by atoms with Gasteiger partial charge >= 0.3 is 0 Å². The molecule has 2 nitrogen and oxygen atoms in total. The second kappa shape index (κ2) is 5.21. The zero-order chi connectivity index (χ0) is 11.4. The topological polar surface area (TPSA) is 18.5 Å². The molecular weight excluding hydrogens is 204 g/mol. The SMILES string of the molecule is CC(C)Oc1cccc([SiH3])c1OC(C)C. The molecule has 0 N–H and O–H groups in total. The summed E-state index contributed by atoms with van der Waals surface area (Å²) in [4.78, 5) is 0. The van der Waals surface area contributed by atoms with Gasteiger partial charge in [0.1, 0.15) is 0 Å². The molecule has 0 aliphatic carbocycles. The van der Waals surface area contributed by atoms with Crippen molar-refractivity contribution >= 4 is 15.4 Å². The van der Waals surface area contributed by atoms with Crippen molar-refractivity contribution in [2.24, 2.45) is 0 Å². The van der Waals surface area contributed by atoms with Gasteiger partial charge in [-0.2, -0.15) is 0 Å². The molecule has 0 unspecified atom stereocenters. The minimum absolute atomic E-state index is 0.183. The van der Waals surface area contributed by atoms with Crippen LogP contribution in [-0.2, 0) is 0 Å². The Balaban J connectivity index is 2.97. The summed E-state index contributed by atoms with van der Waals surface area (Å²) in [7, 11) is 0.975. The standard InChI is InChI=1S/C12H20O2Si/c1-8(2)13-10-6-5-7-11(15)12(10)14-9(3)4/h5-9H,1-4,15H3. The minimum Gasteiger partial charge on any atom is -0.487 e. The molecule has 1 rings (SSSR count). The van der Waals surface area contributed by atoms with Crippen LogP contribution in [0.5, 0.6) is 11.5 Å². The molecule has 1 aromatic rings. The Kier molecular flexibility index (Phi) is 4.21. The quantitative estimate of drug-likeness (QED) is 0.717. The Morgan fingerprint density at radius 3 is 2.13 bits per heavy atom. The second-order valence-corrected chi connectivity index (χ2v) is 5.31. The molecule has 0 heterocycles. The van der Waals surface area contributed by atoms with E-state index < -0.39 is 0 Å². The highest BCUT2D eigenvalue weighted by molar-refractivity contribution is 6.34. The molecule has 0 radical (unpaired) electrons. The summed E-state index contributed by atoms with van der Waals surface area (Å²) in [5.74, 6) is 1.79. The summed E-state index contributed by atoms with van der Waals surface area (Å²) < 4.78 is 11.5. The van der Waals surface area contributed by atoms with Crippen molar-refractivity contribution in [3.63, 3.8) is 0 Å². The minimum atomic E-state index is 0.183. The molecule has 1 aromatic carbocycles. The van der Waals surface area contributed by atoms with Crippen LogP contribution in [0.2, 0.25) is 0 Å². The fraction of sp³-hybridized carbons (Fsp3) is 0.500. The van der Waals surface area contributed by atoms with Gasteiger partial charge in [-0.15, -0.1) is 0 Å². The summed E-state index contributed by atoms with van der Waals surface area (Å²) in [5, 5.41) is 1.25. The lowest BCUT2D eigenvalue weighted by Gasteiger charge is -2.18. The Morgan fingerprint density at radius 1 is 1.00 bits per heavy atom. The fourth-order valence-corrected chi connectivity index (χ4v) is 1.92. The van der Waals surface area contributed by atoms with Crippen molar-refractivity contribution < 1.29 is 9.47 Å². The highest BCUT2D eigenvalue weighted by atomic mass is 28.1. The van der Waals surface area contributed by atoms with Gasteiger partial charge in [0, 0.05) is 10.2 Å². The molecular formula is C12H20O2Si. The fourth-order valence-electron chi connectivity index (χ4n) is 1.36. The van der Waals surface area contributed by atoms with E-state index in [1.165, 1.54) is 5.19 Å². The monoisotopic (exact) mass is 224 g/mol. The summed E-state index contributed by atoms with van der Waals surface area (Å²) in [5.41, 5.74) is 0. The number of hydrogen-bond acceptors (Lipinski definition) is 2. The Morgan fingerprint density at radius 2 is 1.60 bits per heavy atom. The van der Waals surface area contributed by atoms with Crippen LogP contribution in [0, 0.1) is 0 Å². The first-order valence-electron chi connectivity index (χ1n) is 5.43. The van der Waals surface area contributed by atoms with Crippen LogP contribution < -0.4 is 14.7 Å². The third-order valence-corrected chi connectivity index (χ3v) is 2.68. The van der Waals surface area contributed by atoms with E-state index in [9.17, 15) is 0 Å². The van der Waals surface area contributed by atoms with E-state index in [1.807, 2.05) is 39.8 Å². The van der Waals surface area contributed by atoms with E-state index in [0.717, 1.165) is 21.7 Å². The number of hydrogen-bond donors (Lipinski definition) is 0. The highest BCUT2D eigenvalue weighted by Crippen LogP contribution is 2.26. The van der Waals surface area contributed by atoms with Crippen molar-refractivity contribution in [2.75, 3.05) is 0 Å². The molecule has 0 aliphatic rings. The predicted molar refractivity (Wildman–Crippen MR) is 67.5 cm³/mol. The molecule has 0 aliphatic heterocycles. The lowest BCUT2D eigenvalue weighted by Crippen LogP contribution is -2.17. The van der Waals surface area contributed by atoms with Crippen LogP contribution >= 0.6 is 0 Å². The smallest absolute Gasteiger partial charge is 0.161 e. The van der Waals surface area contributed by atoms with Crippen LogP contribution in [0.3, 0.4) is 0 Å². The zero-order valence-corrected chi connectivity index (χ0v) is 12.2. The van der Waals surface area contributed by atoms with Gasteiger partial charge in [-0.25, -0.2) is 0 Å². The molecule has 0 fully saturated rings. The molecule has 0 saturated heterocycles. The van der Waals surface area contributed by atoms with E-state index in [4.69, 9.17) is 9.47 Å². The maximum atomic E-state index is 5.79. The molecule has 0 amide bonds. The highest BCUT2D eigenvalue weighted by Gasteiger charge is 2.10. The van der Waals surface area contributed by atoms with Crippen molar-refractivity contribution in [3.05, 3.63) is 18.2 Å². The van der Waals surface area contributed by atoms with Gasteiger partial charge in [-0.3, -0.25) is 0 Å². The lowest BCUT2D eigenvalue weighted by molar-refractivity contribution is 0.200. The first-order valence-corrected chi connectivity index (χ1v) is 6.43. The lowest BCUT2D eigenvalue weighted by atomic mass is 10.3. The van der Waals surface area contributed by atoms with Gasteiger partial charge in [0.25, 0.3) is 0 Å². The van der Waals surface area contributed by atoms with E-state index in [0.29, 0.717) is 0 Å². The average Bonchev–Trinajstić information content (AvgIpc) is 2.09.